The third kappa shape index (κ3) is 1.64. The van der Waals surface area contributed by atoms with E-state index in [0.717, 1.165) is 5.56 Å². The molecule has 0 amide bonds. The van der Waals surface area contributed by atoms with Gasteiger partial charge in [-0.2, -0.15) is 0 Å². The summed E-state index contributed by atoms with van der Waals surface area (Å²) in [5.74, 6) is -0.264. The SMILES string of the molecule is N/C=C\c1ccc(O)c(O)c1. The molecule has 0 aliphatic rings. The molecule has 0 spiro atoms. The van der Waals surface area contributed by atoms with Crippen LogP contribution < -0.4 is 5.73 Å². The Balaban J connectivity index is 3.05. The number of aromatic hydroxyl groups is 2. The van der Waals surface area contributed by atoms with Gasteiger partial charge in [0.1, 0.15) is 0 Å². The van der Waals surface area contributed by atoms with E-state index in [1.165, 1.54) is 18.3 Å². The van der Waals surface area contributed by atoms with Crippen molar-refractivity contribution in [3.63, 3.8) is 0 Å². The Morgan fingerprint density at radius 3 is 2.45 bits per heavy atom. The summed E-state index contributed by atoms with van der Waals surface area (Å²) in [6.07, 6.45) is 2.99. The van der Waals surface area contributed by atoms with E-state index >= 15 is 0 Å². The van der Waals surface area contributed by atoms with Gasteiger partial charge in [-0.1, -0.05) is 6.07 Å². The summed E-state index contributed by atoms with van der Waals surface area (Å²) in [5, 5.41) is 17.9. The molecule has 0 bridgehead atoms. The number of rotatable bonds is 1. The van der Waals surface area contributed by atoms with Crippen molar-refractivity contribution in [2.24, 2.45) is 5.73 Å². The van der Waals surface area contributed by atoms with Crippen LogP contribution in [0.25, 0.3) is 6.08 Å². The third-order valence-electron chi connectivity index (χ3n) is 1.29. The van der Waals surface area contributed by atoms with Gasteiger partial charge in [-0.25, -0.2) is 0 Å². The second kappa shape index (κ2) is 2.96. The van der Waals surface area contributed by atoms with E-state index < -0.39 is 0 Å². The van der Waals surface area contributed by atoms with E-state index in [1.807, 2.05) is 0 Å². The number of benzene rings is 1. The van der Waals surface area contributed by atoms with Gasteiger partial charge in [-0.3, -0.25) is 0 Å². The van der Waals surface area contributed by atoms with Crippen molar-refractivity contribution in [2.45, 2.75) is 0 Å². The Kier molecular flexibility index (Phi) is 2.01. The molecule has 3 nitrogen and oxygen atoms in total. The van der Waals surface area contributed by atoms with Gasteiger partial charge < -0.3 is 15.9 Å². The van der Waals surface area contributed by atoms with Gasteiger partial charge in [0.05, 0.1) is 0 Å². The molecule has 3 heteroatoms. The van der Waals surface area contributed by atoms with E-state index in [0.29, 0.717) is 0 Å². The van der Waals surface area contributed by atoms with E-state index in [4.69, 9.17) is 15.9 Å². The van der Waals surface area contributed by atoms with Crippen molar-refractivity contribution in [3.05, 3.63) is 30.0 Å². The second-order valence-electron chi connectivity index (χ2n) is 2.11. The fourth-order valence-electron chi connectivity index (χ4n) is 0.755. The average Bonchev–Trinajstić information content (AvgIpc) is 1.98. The van der Waals surface area contributed by atoms with Crippen molar-refractivity contribution >= 4 is 6.08 Å². The van der Waals surface area contributed by atoms with Crippen LogP contribution in [-0.4, -0.2) is 10.2 Å². The first-order valence-electron chi connectivity index (χ1n) is 3.14. The van der Waals surface area contributed by atoms with Gasteiger partial charge >= 0.3 is 0 Å². The van der Waals surface area contributed by atoms with Crippen LogP contribution in [0.5, 0.6) is 11.5 Å². The maximum absolute atomic E-state index is 9.00. The molecule has 0 aliphatic carbocycles. The van der Waals surface area contributed by atoms with E-state index in [-0.39, 0.29) is 11.5 Å². The van der Waals surface area contributed by atoms with Gasteiger partial charge in [0.2, 0.25) is 0 Å². The summed E-state index contributed by atoms with van der Waals surface area (Å²) >= 11 is 0. The van der Waals surface area contributed by atoms with Crippen molar-refractivity contribution < 1.29 is 10.2 Å². The lowest BCUT2D eigenvalue weighted by Gasteiger charge is -1.97. The van der Waals surface area contributed by atoms with Crippen LogP contribution in [0, 0.1) is 0 Å². The molecule has 4 N–H and O–H groups in total. The van der Waals surface area contributed by atoms with Gasteiger partial charge in [-0.15, -0.1) is 0 Å². The quantitative estimate of drug-likeness (QED) is 0.525. The minimum Gasteiger partial charge on any atom is -0.504 e. The van der Waals surface area contributed by atoms with Crippen LogP contribution in [0.1, 0.15) is 5.56 Å². The number of hydrogen-bond donors (Lipinski definition) is 3. The monoisotopic (exact) mass is 151 g/mol. The molecule has 0 radical (unpaired) electrons. The molecule has 0 aliphatic heterocycles. The first-order chi connectivity index (χ1) is 5.24. The first kappa shape index (κ1) is 7.47. The molecule has 1 rings (SSSR count). The summed E-state index contributed by atoms with van der Waals surface area (Å²) in [6.45, 7) is 0. The summed E-state index contributed by atoms with van der Waals surface area (Å²) < 4.78 is 0. The van der Waals surface area contributed by atoms with Crippen LogP contribution in [-0.2, 0) is 0 Å². The lowest BCUT2D eigenvalue weighted by Crippen LogP contribution is -1.77. The summed E-state index contributed by atoms with van der Waals surface area (Å²) in [4.78, 5) is 0. The maximum Gasteiger partial charge on any atom is 0.157 e. The standard InChI is InChI=1S/C8H9NO2/c9-4-3-6-1-2-7(10)8(11)5-6/h1-5,10-11H,9H2/b4-3-. The molecule has 0 atom stereocenters. The Labute approximate surface area is 64.4 Å². The molecular weight excluding hydrogens is 142 g/mol. The molecule has 0 fully saturated rings. The molecule has 0 saturated carbocycles. The highest BCUT2D eigenvalue weighted by Gasteiger charge is 1.96. The number of nitrogens with two attached hydrogens (primary N) is 1. The highest BCUT2D eigenvalue weighted by molar-refractivity contribution is 5.54. The smallest absolute Gasteiger partial charge is 0.157 e. The molecular formula is C8H9NO2. The van der Waals surface area contributed by atoms with Crippen molar-refractivity contribution in [2.75, 3.05) is 0 Å². The molecule has 0 heterocycles. The Morgan fingerprint density at radius 1 is 1.18 bits per heavy atom. The fraction of sp³-hybridized carbons (Fsp3) is 0. The Morgan fingerprint density at radius 2 is 1.91 bits per heavy atom. The molecule has 1 aromatic carbocycles. The molecule has 0 unspecified atom stereocenters. The normalized spacial score (nSPS) is 10.5. The number of hydrogen-bond acceptors (Lipinski definition) is 3. The van der Waals surface area contributed by atoms with Gasteiger partial charge in [-0.05, 0) is 30.0 Å². The average molecular weight is 151 g/mol. The zero-order chi connectivity index (χ0) is 8.27. The Hall–Kier alpha value is -1.64. The number of phenolic OH excluding ortho intramolecular Hbond substituents is 2. The highest BCUT2D eigenvalue weighted by atomic mass is 16.3. The van der Waals surface area contributed by atoms with Crippen molar-refractivity contribution in [1.82, 2.24) is 0 Å². The molecule has 58 valence electrons. The summed E-state index contributed by atoms with van der Waals surface area (Å²) in [7, 11) is 0. The number of phenols is 2. The van der Waals surface area contributed by atoms with Crippen LogP contribution in [0.2, 0.25) is 0 Å². The predicted octanol–water partition coefficient (Wildman–Crippen LogP) is 1.03. The minimum absolute atomic E-state index is 0.126. The fourth-order valence-corrected chi connectivity index (χ4v) is 0.755. The zero-order valence-electron chi connectivity index (χ0n) is 5.86. The van der Waals surface area contributed by atoms with E-state index in [2.05, 4.69) is 0 Å². The van der Waals surface area contributed by atoms with Gasteiger partial charge in [0.25, 0.3) is 0 Å². The summed E-state index contributed by atoms with van der Waals surface area (Å²) in [5.41, 5.74) is 5.88. The zero-order valence-corrected chi connectivity index (χ0v) is 5.86. The summed E-state index contributed by atoms with van der Waals surface area (Å²) in [6, 6.07) is 4.49. The minimum atomic E-state index is -0.138. The molecule has 0 saturated heterocycles. The van der Waals surface area contributed by atoms with Crippen LogP contribution in [0.15, 0.2) is 24.4 Å². The largest absolute Gasteiger partial charge is 0.504 e. The van der Waals surface area contributed by atoms with Gasteiger partial charge in [0.15, 0.2) is 11.5 Å². The highest BCUT2D eigenvalue weighted by Crippen LogP contribution is 2.24. The van der Waals surface area contributed by atoms with Crippen LogP contribution in [0.3, 0.4) is 0 Å². The lowest BCUT2D eigenvalue weighted by atomic mass is 10.2. The van der Waals surface area contributed by atoms with Crippen LogP contribution >= 0.6 is 0 Å². The Bertz CT molecular complexity index is 281. The first-order valence-corrected chi connectivity index (χ1v) is 3.14. The van der Waals surface area contributed by atoms with E-state index in [1.54, 1.807) is 12.1 Å². The van der Waals surface area contributed by atoms with Crippen molar-refractivity contribution in [3.8, 4) is 11.5 Å². The molecule has 11 heavy (non-hydrogen) atoms. The predicted molar refractivity (Wildman–Crippen MR) is 43.0 cm³/mol. The van der Waals surface area contributed by atoms with Crippen molar-refractivity contribution in [1.29, 1.82) is 0 Å². The van der Waals surface area contributed by atoms with Crippen LogP contribution in [0.4, 0.5) is 0 Å². The topological polar surface area (TPSA) is 66.5 Å². The molecule has 0 aromatic heterocycles. The third-order valence-corrected chi connectivity index (χ3v) is 1.29. The van der Waals surface area contributed by atoms with Gasteiger partial charge in [0, 0.05) is 0 Å². The van der Waals surface area contributed by atoms with E-state index in [9.17, 15) is 0 Å². The molecule has 1 aromatic rings. The maximum atomic E-state index is 9.00. The lowest BCUT2D eigenvalue weighted by molar-refractivity contribution is 0.403. The second-order valence-corrected chi connectivity index (χ2v) is 2.11.